The Labute approximate surface area is 185 Å². The Morgan fingerprint density at radius 2 is 1.75 bits per heavy atom. The number of carbonyl (C=O) groups excluding carboxylic acids is 3. The van der Waals surface area contributed by atoms with Gasteiger partial charge in [0.2, 0.25) is 0 Å². The quantitative estimate of drug-likeness (QED) is 0.715. The van der Waals surface area contributed by atoms with Crippen LogP contribution < -0.4 is 15.5 Å². The topological polar surface area (TPSA) is 94.6 Å². The van der Waals surface area contributed by atoms with Crippen LogP contribution in [-0.4, -0.2) is 53.9 Å². The number of piperazine rings is 1. The largest absolute Gasteiger partial charge is 0.353 e. The Morgan fingerprint density at radius 1 is 1.06 bits per heavy atom. The molecule has 0 bridgehead atoms. The number of benzene rings is 1. The van der Waals surface area contributed by atoms with Crippen LogP contribution in [0.1, 0.15) is 39.7 Å². The number of hydrogen-bond donors (Lipinski definition) is 2. The molecule has 2 fully saturated rings. The summed E-state index contributed by atoms with van der Waals surface area (Å²) in [5, 5.41) is 4.64. The van der Waals surface area contributed by atoms with E-state index in [0.717, 1.165) is 28.7 Å². The molecule has 8 nitrogen and oxygen atoms in total. The minimum Gasteiger partial charge on any atom is -0.353 e. The van der Waals surface area contributed by atoms with Gasteiger partial charge in [-0.1, -0.05) is 12.1 Å². The molecule has 1 aromatic heterocycles. The van der Waals surface area contributed by atoms with Gasteiger partial charge in [-0.15, -0.1) is 0 Å². The van der Waals surface area contributed by atoms with Crippen molar-refractivity contribution >= 4 is 23.7 Å². The molecule has 1 aromatic carbocycles. The van der Waals surface area contributed by atoms with Crippen molar-refractivity contribution in [2.75, 3.05) is 31.1 Å². The van der Waals surface area contributed by atoms with Gasteiger partial charge in [0.25, 0.3) is 11.8 Å². The maximum atomic E-state index is 14.9. The van der Waals surface area contributed by atoms with Gasteiger partial charge in [0.1, 0.15) is 17.2 Å². The van der Waals surface area contributed by atoms with E-state index < -0.39 is 29.2 Å². The highest BCUT2D eigenvalue weighted by molar-refractivity contribution is 6.07. The molecule has 9 heteroatoms. The average Bonchev–Trinajstić information content (AvgIpc) is 3.02. The van der Waals surface area contributed by atoms with Crippen LogP contribution in [0, 0.1) is 26.6 Å². The maximum absolute atomic E-state index is 14.9. The molecule has 3 heterocycles. The van der Waals surface area contributed by atoms with Crippen molar-refractivity contribution in [3.05, 3.63) is 58.0 Å². The number of hydrogen-bond acceptors (Lipinski definition) is 5. The average molecular weight is 439 g/mol. The summed E-state index contributed by atoms with van der Waals surface area (Å²) in [4.78, 5) is 45.0. The summed E-state index contributed by atoms with van der Waals surface area (Å²) in [6, 6.07) is 5.48. The first-order valence-electron chi connectivity index (χ1n) is 10.5. The van der Waals surface area contributed by atoms with Gasteiger partial charge in [0.15, 0.2) is 0 Å². The van der Waals surface area contributed by atoms with Crippen LogP contribution in [0.5, 0.6) is 0 Å². The summed E-state index contributed by atoms with van der Waals surface area (Å²) in [5.74, 6) is -0.770. The molecule has 2 saturated heterocycles. The van der Waals surface area contributed by atoms with Crippen molar-refractivity contribution in [3.63, 3.8) is 0 Å². The second-order valence-corrected chi connectivity index (χ2v) is 8.54. The minimum absolute atomic E-state index is 0.0592. The van der Waals surface area contributed by atoms with Gasteiger partial charge < -0.3 is 15.1 Å². The number of urea groups is 1. The highest BCUT2D eigenvalue weighted by Crippen LogP contribution is 2.27. The molecule has 0 saturated carbocycles. The zero-order valence-corrected chi connectivity index (χ0v) is 18.6. The number of anilines is 1. The van der Waals surface area contributed by atoms with E-state index in [-0.39, 0.29) is 11.1 Å². The van der Waals surface area contributed by atoms with Crippen LogP contribution >= 0.6 is 0 Å². The molecule has 2 aliphatic heterocycles. The molecule has 0 radical (unpaired) electrons. The molecule has 2 aliphatic rings. The van der Waals surface area contributed by atoms with E-state index in [1.54, 1.807) is 4.90 Å². The van der Waals surface area contributed by atoms with E-state index in [2.05, 4.69) is 21.6 Å². The summed E-state index contributed by atoms with van der Waals surface area (Å²) >= 11 is 0. The van der Waals surface area contributed by atoms with Crippen molar-refractivity contribution in [2.24, 2.45) is 0 Å². The Morgan fingerprint density at radius 3 is 2.34 bits per heavy atom. The highest BCUT2D eigenvalue weighted by Gasteiger charge is 2.43. The molecule has 0 spiro atoms. The fourth-order valence-electron chi connectivity index (χ4n) is 4.19. The summed E-state index contributed by atoms with van der Waals surface area (Å²) < 4.78 is 14.9. The number of carbonyl (C=O) groups is 3. The van der Waals surface area contributed by atoms with Gasteiger partial charge in [-0.25, -0.2) is 14.2 Å². The van der Waals surface area contributed by atoms with E-state index in [1.807, 2.05) is 20.8 Å². The van der Waals surface area contributed by atoms with Gasteiger partial charge in [0, 0.05) is 31.9 Å². The van der Waals surface area contributed by atoms with Crippen molar-refractivity contribution in [1.82, 2.24) is 20.5 Å². The number of amides is 4. The van der Waals surface area contributed by atoms with Crippen molar-refractivity contribution < 1.29 is 18.8 Å². The van der Waals surface area contributed by atoms with Crippen molar-refractivity contribution in [2.45, 2.75) is 33.2 Å². The summed E-state index contributed by atoms with van der Waals surface area (Å²) in [5.41, 5.74) is 2.05. The number of nitrogens with one attached hydrogen (secondary N) is 2. The van der Waals surface area contributed by atoms with E-state index in [0.29, 0.717) is 26.2 Å². The first-order chi connectivity index (χ1) is 15.1. The van der Waals surface area contributed by atoms with Crippen molar-refractivity contribution in [3.8, 4) is 0 Å². The molecule has 0 aliphatic carbocycles. The third-order valence-corrected chi connectivity index (χ3v) is 6.32. The first-order valence-corrected chi connectivity index (χ1v) is 10.5. The van der Waals surface area contributed by atoms with Crippen LogP contribution in [0.15, 0.2) is 24.3 Å². The van der Waals surface area contributed by atoms with Crippen LogP contribution in [0.25, 0.3) is 0 Å². The maximum Gasteiger partial charge on any atom is 0.322 e. The predicted molar refractivity (Wildman–Crippen MR) is 117 cm³/mol. The third kappa shape index (κ3) is 3.68. The summed E-state index contributed by atoms with van der Waals surface area (Å²) in [6.07, 6.45) is 0. The second kappa shape index (κ2) is 7.89. The fourth-order valence-corrected chi connectivity index (χ4v) is 4.19. The monoisotopic (exact) mass is 439 g/mol. The predicted octanol–water partition coefficient (Wildman–Crippen LogP) is 2.16. The molecule has 2 N–H and O–H groups in total. The lowest BCUT2D eigenvalue weighted by Crippen LogP contribution is -2.49. The molecule has 32 heavy (non-hydrogen) atoms. The number of imide groups is 1. The van der Waals surface area contributed by atoms with Gasteiger partial charge in [0.05, 0.1) is 5.56 Å². The number of aromatic nitrogens is 1. The van der Waals surface area contributed by atoms with Crippen molar-refractivity contribution in [1.29, 1.82) is 0 Å². The van der Waals surface area contributed by atoms with Gasteiger partial charge in [-0.2, -0.15) is 0 Å². The Hall–Kier alpha value is -3.49. The van der Waals surface area contributed by atoms with Gasteiger partial charge in [-0.05, 0) is 56.5 Å². The Kier molecular flexibility index (Phi) is 5.36. The Balaban J connectivity index is 1.47. The number of aryl methyl sites for hydroxylation is 3. The second-order valence-electron chi connectivity index (χ2n) is 8.54. The van der Waals surface area contributed by atoms with Gasteiger partial charge in [-0.3, -0.25) is 14.9 Å². The molecule has 1 atom stereocenters. The van der Waals surface area contributed by atoms with E-state index in [1.165, 1.54) is 19.1 Å². The van der Waals surface area contributed by atoms with E-state index >= 15 is 0 Å². The lowest BCUT2D eigenvalue weighted by molar-refractivity contribution is -0.123. The Bertz CT molecular complexity index is 1130. The lowest BCUT2D eigenvalue weighted by atomic mass is 9.91. The van der Waals surface area contributed by atoms with Crippen LogP contribution in [0.4, 0.5) is 15.0 Å². The van der Waals surface area contributed by atoms with E-state index in [4.69, 9.17) is 4.98 Å². The molecule has 0 unspecified atom stereocenters. The zero-order valence-electron chi connectivity index (χ0n) is 18.6. The van der Waals surface area contributed by atoms with Crippen LogP contribution in [0.3, 0.4) is 0 Å². The standard InChI is InChI=1S/C23H26FN5O3/c1-13-11-14(2)19(25-15(13)3)28-7-9-29(10-8-28)20(30)17-6-5-16(12-18(17)24)23(4)21(31)26-22(32)27-23/h5-6,11-12H,7-10H2,1-4H3,(H2,26,27,31,32)/t23-/m1/s1. The zero-order chi connectivity index (χ0) is 23.2. The SMILES string of the molecule is Cc1cc(C)c(N2CCN(C(=O)c3ccc([C@@]4(C)NC(=O)NC4=O)cc3F)CC2)nc1C. The number of nitrogens with zero attached hydrogens (tertiary/aromatic N) is 3. The first kappa shape index (κ1) is 21.7. The molecule has 168 valence electrons. The summed E-state index contributed by atoms with van der Waals surface area (Å²) in [7, 11) is 0. The molecule has 4 rings (SSSR count). The van der Waals surface area contributed by atoms with Crippen LogP contribution in [-0.2, 0) is 10.3 Å². The number of rotatable bonds is 3. The van der Waals surface area contributed by atoms with Crippen LogP contribution in [0.2, 0.25) is 0 Å². The molecular formula is C23H26FN5O3. The summed E-state index contributed by atoms with van der Waals surface area (Å²) in [6.45, 7) is 9.63. The molecule has 4 amide bonds. The normalized spacial score (nSPS) is 20.9. The number of pyridine rings is 1. The molecular weight excluding hydrogens is 413 g/mol. The highest BCUT2D eigenvalue weighted by atomic mass is 19.1. The van der Waals surface area contributed by atoms with Gasteiger partial charge >= 0.3 is 6.03 Å². The number of halogens is 1. The molecule has 2 aromatic rings. The smallest absolute Gasteiger partial charge is 0.322 e. The fraction of sp³-hybridized carbons (Fsp3) is 0.391. The third-order valence-electron chi connectivity index (χ3n) is 6.32. The van der Waals surface area contributed by atoms with E-state index in [9.17, 15) is 18.8 Å². The lowest BCUT2D eigenvalue weighted by Gasteiger charge is -2.36. The minimum atomic E-state index is -1.37.